The Morgan fingerprint density at radius 2 is 1.90 bits per heavy atom. The van der Waals surface area contributed by atoms with Crippen LogP contribution in [0.2, 0.25) is 0 Å². The van der Waals surface area contributed by atoms with E-state index in [0.717, 1.165) is 29.8 Å². The molecule has 0 aromatic heterocycles. The van der Waals surface area contributed by atoms with Crippen molar-refractivity contribution in [3.63, 3.8) is 0 Å². The van der Waals surface area contributed by atoms with Gasteiger partial charge in [-0.15, -0.1) is 0 Å². The first-order valence-corrected chi connectivity index (χ1v) is 10.7. The molecule has 1 saturated heterocycles. The lowest BCUT2D eigenvalue weighted by molar-refractivity contribution is -0.899. The Morgan fingerprint density at radius 3 is 2.68 bits per heavy atom. The number of para-hydroxylation sites is 1. The van der Waals surface area contributed by atoms with Crippen molar-refractivity contribution >= 4 is 29.2 Å². The van der Waals surface area contributed by atoms with Gasteiger partial charge >= 0.3 is 5.97 Å². The lowest BCUT2D eigenvalue weighted by Gasteiger charge is -2.28. The van der Waals surface area contributed by atoms with Gasteiger partial charge in [0.25, 0.3) is 11.8 Å². The minimum Gasteiger partial charge on any atom is -0.466 e. The molecule has 0 bridgehead atoms. The highest BCUT2D eigenvalue weighted by atomic mass is 16.5. The lowest BCUT2D eigenvalue weighted by atomic mass is 9.98. The number of quaternary nitrogens is 1. The van der Waals surface area contributed by atoms with Gasteiger partial charge in [0.1, 0.15) is 5.92 Å². The Morgan fingerprint density at radius 1 is 1.10 bits per heavy atom. The maximum Gasteiger partial charge on any atom is 0.314 e. The molecular formula is C24H30N3O4+. The molecule has 1 unspecified atom stereocenters. The van der Waals surface area contributed by atoms with Crippen LogP contribution in [-0.4, -0.2) is 44.0 Å². The summed E-state index contributed by atoms with van der Waals surface area (Å²) < 4.78 is 5.13. The predicted molar refractivity (Wildman–Crippen MR) is 119 cm³/mol. The van der Waals surface area contributed by atoms with E-state index in [-0.39, 0.29) is 30.2 Å². The smallest absolute Gasteiger partial charge is 0.314 e. The van der Waals surface area contributed by atoms with E-state index in [1.165, 1.54) is 0 Å². The Labute approximate surface area is 182 Å². The van der Waals surface area contributed by atoms with Gasteiger partial charge in [0.05, 0.1) is 30.9 Å². The van der Waals surface area contributed by atoms with Gasteiger partial charge in [-0.05, 0) is 56.5 Å². The molecule has 2 aromatic rings. The van der Waals surface area contributed by atoms with Gasteiger partial charge in [0.2, 0.25) is 0 Å². The number of rotatable bonds is 7. The van der Waals surface area contributed by atoms with Gasteiger partial charge in [-0.3, -0.25) is 14.4 Å². The van der Waals surface area contributed by atoms with Crippen molar-refractivity contribution in [3.8, 4) is 0 Å². The van der Waals surface area contributed by atoms with Crippen LogP contribution in [-0.2, 0) is 14.3 Å². The van der Waals surface area contributed by atoms with Gasteiger partial charge in [-0.25, -0.2) is 0 Å². The Kier molecular flexibility index (Phi) is 7.78. The minimum absolute atomic E-state index is 0.163. The van der Waals surface area contributed by atoms with Gasteiger partial charge in [0, 0.05) is 5.69 Å². The fourth-order valence-corrected chi connectivity index (χ4v) is 3.91. The molecule has 1 aliphatic rings. The van der Waals surface area contributed by atoms with Crippen LogP contribution in [0.5, 0.6) is 0 Å². The van der Waals surface area contributed by atoms with Crippen LogP contribution in [0.3, 0.4) is 0 Å². The summed E-state index contributed by atoms with van der Waals surface area (Å²) in [5.74, 6) is -0.813. The number of hydrogen-bond acceptors (Lipinski definition) is 4. The Balaban J connectivity index is 1.61. The van der Waals surface area contributed by atoms with Crippen molar-refractivity contribution in [2.45, 2.75) is 26.7 Å². The summed E-state index contributed by atoms with van der Waals surface area (Å²) >= 11 is 0. The molecule has 0 spiro atoms. The fourth-order valence-electron chi connectivity index (χ4n) is 3.91. The zero-order chi connectivity index (χ0) is 22.2. The standard InChI is InChI=1S/C24H29N3O4/c1-3-31-24(30)18-9-7-13-27(15-18)16-22(28)26-21-12-5-4-11-20(21)23(29)25-19-10-6-8-17(2)14-19/h4-6,8,10-12,14,18H,3,7,9,13,15-16H2,1-2H3,(H,25,29)(H,26,28)/p+1/t18-/m1/s1. The van der Waals surface area contributed by atoms with E-state index in [1.54, 1.807) is 31.2 Å². The summed E-state index contributed by atoms with van der Waals surface area (Å²) in [4.78, 5) is 38.5. The summed E-state index contributed by atoms with van der Waals surface area (Å²) in [5, 5.41) is 5.75. The monoisotopic (exact) mass is 424 g/mol. The van der Waals surface area contributed by atoms with E-state index in [2.05, 4.69) is 10.6 Å². The number of carbonyl (C=O) groups is 3. The number of anilines is 2. The maximum absolute atomic E-state index is 12.8. The van der Waals surface area contributed by atoms with Gasteiger partial charge in [-0.1, -0.05) is 24.3 Å². The first-order chi connectivity index (χ1) is 15.0. The first-order valence-electron chi connectivity index (χ1n) is 10.7. The molecule has 2 amide bonds. The van der Waals surface area contributed by atoms with E-state index >= 15 is 0 Å². The van der Waals surface area contributed by atoms with Crippen molar-refractivity contribution in [1.82, 2.24) is 0 Å². The van der Waals surface area contributed by atoms with Crippen LogP contribution in [0.1, 0.15) is 35.7 Å². The average molecular weight is 425 g/mol. The molecule has 31 heavy (non-hydrogen) atoms. The summed E-state index contributed by atoms with van der Waals surface area (Å²) in [6, 6.07) is 14.5. The molecule has 0 aliphatic carbocycles. The number of carbonyl (C=O) groups excluding carboxylic acids is 3. The van der Waals surface area contributed by atoms with Crippen LogP contribution in [0.15, 0.2) is 48.5 Å². The highest BCUT2D eigenvalue weighted by molar-refractivity contribution is 6.10. The number of likely N-dealkylation sites (tertiary alicyclic amines) is 1. The highest BCUT2D eigenvalue weighted by Crippen LogP contribution is 2.18. The average Bonchev–Trinajstić information content (AvgIpc) is 2.74. The van der Waals surface area contributed by atoms with Crippen molar-refractivity contribution in [2.24, 2.45) is 5.92 Å². The van der Waals surface area contributed by atoms with Crippen molar-refractivity contribution in [2.75, 3.05) is 36.9 Å². The van der Waals surface area contributed by atoms with E-state index in [4.69, 9.17) is 4.74 Å². The van der Waals surface area contributed by atoms with E-state index < -0.39 is 0 Å². The number of nitrogens with one attached hydrogen (secondary N) is 3. The van der Waals surface area contributed by atoms with Crippen LogP contribution in [0, 0.1) is 12.8 Å². The van der Waals surface area contributed by atoms with Crippen LogP contribution < -0.4 is 15.5 Å². The van der Waals surface area contributed by atoms with Gasteiger partial charge in [-0.2, -0.15) is 0 Å². The number of piperidine rings is 1. The SMILES string of the molecule is CCOC(=O)[C@@H]1CCC[NH+](CC(=O)Nc2ccccc2C(=O)Nc2cccc(C)c2)C1. The first kappa shape index (κ1) is 22.5. The normalized spacial score (nSPS) is 18.1. The van der Waals surface area contributed by atoms with Crippen LogP contribution in [0.25, 0.3) is 0 Å². The van der Waals surface area contributed by atoms with E-state index in [0.29, 0.717) is 30.1 Å². The number of ether oxygens (including phenoxy) is 1. The maximum atomic E-state index is 12.8. The third kappa shape index (κ3) is 6.39. The van der Waals surface area contributed by atoms with E-state index in [9.17, 15) is 14.4 Å². The second-order valence-corrected chi connectivity index (χ2v) is 7.89. The Hall–Kier alpha value is -3.19. The molecular weight excluding hydrogens is 394 g/mol. The predicted octanol–water partition coefficient (Wildman–Crippen LogP) is 2.04. The number of amides is 2. The summed E-state index contributed by atoms with van der Waals surface area (Å²) in [5.41, 5.74) is 2.62. The zero-order valence-electron chi connectivity index (χ0n) is 18.1. The molecule has 1 heterocycles. The van der Waals surface area contributed by atoms with Crippen molar-refractivity contribution in [3.05, 3.63) is 59.7 Å². The Bertz CT molecular complexity index is 944. The quantitative estimate of drug-likeness (QED) is 0.594. The topological polar surface area (TPSA) is 88.9 Å². The molecule has 3 rings (SSSR count). The molecule has 0 radical (unpaired) electrons. The van der Waals surface area contributed by atoms with Crippen LogP contribution >= 0.6 is 0 Å². The number of aryl methyl sites for hydroxylation is 1. The minimum atomic E-state index is -0.283. The molecule has 7 nitrogen and oxygen atoms in total. The molecule has 1 aliphatic heterocycles. The van der Waals surface area contributed by atoms with Crippen molar-refractivity contribution < 1.29 is 24.0 Å². The molecule has 164 valence electrons. The molecule has 7 heteroatoms. The molecule has 3 N–H and O–H groups in total. The molecule has 0 saturated carbocycles. The van der Waals surface area contributed by atoms with E-state index in [1.807, 2.05) is 31.2 Å². The summed E-state index contributed by atoms with van der Waals surface area (Å²) in [6.07, 6.45) is 1.67. The molecule has 2 atom stereocenters. The fraction of sp³-hybridized carbons (Fsp3) is 0.375. The highest BCUT2D eigenvalue weighted by Gasteiger charge is 2.31. The summed E-state index contributed by atoms with van der Waals surface area (Å²) in [6.45, 7) is 5.78. The lowest BCUT2D eigenvalue weighted by Crippen LogP contribution is -3.14. The van der Waals surface area contributed by atoms with Gasteiger partial charge < -0.3 is 20.3 Å². The van der Waals surface area contributed by atoms with Crippen molar-refractivity contribution in [1.29, 1.82) is 0 Å². The molecule has 1 fully saturated rings. The third-order valence-electron chi connectivity index (χ3n) is 5.37. The molecule has 2 aromatic carbocycles. The largest absolute Gasteiger partial charge is 0.466 e. The van der Waals surface area contributed by atoms with Gasteiger partial charge in [0.15, 0.2) is 6.54 Å². The number of hydrogen-bond donors (Lipinski definition) is 3. The second kappa shape index (κ2) is 10.7. The third-order valence-corrected chi connectivity index (χ3v) is 5.37. The van der Waals surface area contributed by atoms with Crippen LogP contribution in [0.4, 0.5) is 11.4 Å². The second-order valence-electron chi connectivity index (χ2n) is 7.89. The zero-order valence-corrected chi connectivity index (χ0v) is 18.1. The number of benzene rings is 2. The number of esters is 1. The summed E-state index contributed by atoms with van der Waals surface area (Å²) in [7, 11) is 0.